The second kappa shape index (κ2) is 12.1. The molecular formula is C29H38IOPSi. The summed E-state index contributed by atoms with van der Waals surface area (Å²) >= 11 is 0. The van der Waals surface area contributed by atoms with Crippen LogP contribution in [0.3, 0.4) is 0 Å². The van der Waals surface area contributed by atoms with Gasteiger partial charge in [-0.2, -0.15) is 0 Å². The molecule has 176 valence electrons. The van der Waals surface area contributed by atoms with Crippen LogP contribution in [-0.4, -0.2) is 20.6 Å². The first kappa shape index (κ1) is 26.6. The maximum absolute atomic E-state index is 6.88. The van der Waals surface area contributed by atoms with Crippen molar-refractivity contribution < 1.29 is 28.4 Å². The third-order valence-electron chi connectivity index (χ3n) is 6.77. The predicted octanol–water partition coefficient (Wildman–Crippen LogP) is 3.78. The number of hydrogen-bond donors (Lipinski definition) is 0. The summed E-state index contributed by atoms with van der Waals surface area (Å²) in [6, 6.07) is 33.8. The quantitative estimate of drug-likeness (QED) is 0.210. The van der Waals surface area contributed by atoms with Crippen LogP contribution >= 0.6 is 7.26 Å². The largest absolute Gasteiger partial charge is 1.00 e. The molecule has 1 aliphatic carbocycles. The number of halogens is 1. The standard InChI is InChI=1S/C29H38OPSi.HI/c1-32(2,3)30-29(25-15-13-14-16-25)23-24-31(26-17-7-4-8-18-26,27-19-9-5-10-20-27)28-21-11-6-12-22-28;/h4-12,17-22,25,29H,13-16,23-24H2,1-3H3;1H/q+1;/p-1/t29-;/m1./s1. The van der Waals surface area contributed by atoms with Crippen molar-refractivity contribution >= 4 is 31.5 Å². The molecule has 0 spiro atoms. The first-order valence-corrected chi connectivity index (χ1v) is 17.6. The van der Waals surface area contributed by atoms with Crippen LogP contribution in [0, 0.1) is 5.92 Å². The zero-order valence-electron chi connectivity index (χ0n) is 20.3. The minimum Gasteiger partial charge on any atom is -1.00 e. The highest BCUT2D eigenvalue weighted by molar-refractivity contribution is 7.95. The van der Waals surface area contributed by atoms with Gasteiger partial charge in [0.2, 0.25) is 0 Å². The Labute approximate surface area is 219 Å². The topological polar surface area (TPSA) is 9.23 Å². The minimum atomic E-state index is -1.78. The van der Waals surface area contributed by atoms with E-state index in [4.69, 9.17) is 4.43 Å². The van der Waals surface area contributed by atoms with E-state index in [1.54, 1.807) is 0 Å². The van der Waals surface area contributed by atoms with Crippen molar-refractivity contribution in [1.82, 2.24) is 0 Å². The lowest BCUT2D eigenvalue weighted by atomic mass is 9.99. The SMILES string of the molecule is C[Si](C)(C)O[C@H](CC[P+](c1ccccc1)(c1ccccc1)c1ccccc1)C1CCCC1.[I-]. The molecule has 1 saturated carbocycles. The minimum absolute atomic E-state index is 0. The van der Waals surface area contributed by atoms with Crippen LogP contribution in [-0.2, 0) is 4.43 Å². The molecule has 0 aromatic heterocycles. The van der Waals surface area contributed by atoms with E-state index in [1.165, 1.54) is 41.6 Å². The first-order valence-electron chi connectivity index (χ1n) is 12.2. The van der Waals surface area contributed by atoms with E-state index in [1.807, 2.05) is 0 Å². The van der Waals surface area contributed by atoms with E-state index >= 15 is 0 Å². The van der Waals surface area contributed by atoms with Gasteiger partial charge in [-0.25, -0.2) is 0 Å². The van der Waals surface area contributed by atoms with Crippen LogP contribution in [0.2, 0.25) is 19.6 Å². The van der Waals surface area contributed by atoms with E-state index < -0.39 is 15.6 Å². The molecule has 33 heavy (non-hydrogen) atoms. The van der Waals surface area contributed by atoms with Gasteiger partial charge in [0.25, 0.3) is 0 Å². The van der Waals surface area contributed by atoms with Crippen molar-refractivity contribution in [1.29, 1.82) is 0 Å². The lowest BCUT2D eigenvalue weighted by Crippen LogP contribution is -3.00. The lowest BCUT2D eigenvalue weighted by molar-refractivity contribution is -0.00000859. The van der Waals surface area contributed by atoms with Gasteiger partial charge < -0.3 is 28.4 Å². The molecule has 4 heteroatoms. The molecule has 0 bridgehead atoms. The van der Waals surface area contributed by atoms with Crippen LogP contribution in [0.15, 0.2) is 91.0 Å². The molecule has 0 heterocycles. The number of hydrogen-bond acceptors (Lipinski definition) is 1. The van der Waals surface area contributed by atoms with Crippen molar-refractivity contribution in [2.45, 2.75) is 57.8 Å². The van der Waals surface area contributed by atoms with E-state index in [9.17, 15) is 0 Å². The molecule has 0 N–H and O–H groups in total. The summed E-state index contributed by atoms with van der Waals surface area (Å²) < 4.78 is 6.88. The summed E-state index contributed by atoms with van der Waals surface area (Å²) in [5, 5.41) is 4.45. The second-order valence-corrected chi connectivity index (χ2v) is 18.2. The van der Waals surface area contributed by atoms with Gasteiger partial charge in [0, 0.05) is 6.42 Å². The third-order valence-corrected chi connectivity index (χ3v) is 12.2. The van der Waals surface area contributed by atoms with Crippen molar-refractivity contribution in [3.05, 3.63) is 91.0 Å². The Morgan fingerprint density at radius 2 is 1.12 bits per heavy atom. The highest BCUT2D eigenvalue weighted by Gasteiger charge is 2.46. The molecule has 3 aromatic carbocycles. The molecule has 1 fully saturated rings. The molecular weight excluding hydrogens is 550 g/mol. The Hall–Kier alpha value is -1.00. The molecule has 4 rings (SSSR count). The van der Waals surface area contributed by atoms with Crippen LogP contribution in [0.4, 0.5) is 0 Å². The summed E-state index contributed by atoms with van der Waals surface area (Å²) in [6.45, 7) is 7.05. The van der Waals surface area contributed by atoms with Gasteiger partial charge in [-0.05, 0) is 74.8 Å². The second-order valence-electron chi connectivity index (χ2n) is 10.1. The van der Waals surface area contributed by atoms with Crippen LogP contribution in [0.25, 0.3) is 0 Å². The van der Waals surface area contributed by atoms with Gasteiger partial charge in [-0.3, -0.25) is 0 Å². The number of rotatable bonds is 9. The average Bonchev–Trinajstić information content (AvgIpc) is 3.35. The van der Waals surface area contributed by atoms with Crippen LogP contribution in [0.1, 0.15) is 32.1 Å². The Balaban J connectivity index is 0.00000306. The predicted molar refractivity (Wildman–Crippen MR) is 145 cm³/mol. The van der Waals surface area contributed by atoms with Gasteiger partial charge in [-0.15, -0.1) is 0 Å². The fourth-order valence-corrected chi connectivity index (χ4v) is 10.9. The Bertz CT molecular complexity index is 857. The highest BCUT2D eigenvalue weighted by atomic mass is 127. The van der Waals surface area contributed by atoms with E-state index in [0.717, 1.165) is 18.5 Å². The number of benzene rings is 3. The fraction of sp³-hybridized carbons (Fsp3) is 0.379. The van der Waals surface area contributed by atoms with Gasteiger partial charge in [0.05, 0.1) is 12.3 Å². The van der Waals surface area contributed by atoms with Crippen LogP contribution in [0.5, 0.6) is 0 Å². The molecule has 0 amide bonds. The maximum Gasteiger partial charge on any atom is 0.184 e. The van der Waals surface area contributed by atoms with Gasteiger partial charge in [0.15, 0.2) is 8.32 Å². The molecule has 1 nitrogen and oxygen atoms in total. The molecule has 1 atom stereocenters. The maximum atomic E-state index is 6.88. The monoisotopic (exact) mass is 588 g/mol. The smallest absolute Gasteiger partial charge is 0.184 e. The summed E-state index contributed by atoms with van der Waals surface area (Å²) in [4.78, 5) is 0. The van der Waals surface area contributed by atoms with Gasteiger partial charge >= 0.3 is 0 Å². The Morgan fingerprint density at radius 3 is 1.48 bits per heavy atom. The van der Waals surface area contributed by atoms with E-state index in [2.05, 4.69) is 111 Å². The van der Waals surface area contributed by atoms with Crippen molar-refractivity contribution in [3.8, 4) is 0 Å². The molecule has 0 aliphatic heterocycles. The summed E-state index contributed by atoms with van der Waals surface area (Å²) in [5.74, 6) is 0.728. The Kier molecular flexibility index (Phi) is 9.76. The molecule has 1 aliphatic rings. The molecule has 0 radical (unpaired) electrons. The van der Waals surface area contributed by atoms with Crippen molar-refractivity contribution in [3.63, 3.8) is 0 Å². The average molecular weight is 589 g/mol. The first-order chi connectivity index (χ1) is 15.5. The van der Waals surface area contributed by atoms with E-state index in [-0.39, 0.29) is 24.0 Å². The van der Waals surface area contributed by atoms with Gasteiger partial charge in [0.1, 0.15) is 23.2 Å². The molecule has 3 aromatic rings. The zero-order chi connectivity index (χ0) is 22.4. The Morgan fingerprint density at radius 1 is 0.727 bits per heavy atom. The van der Waals surface area contributed by atoms with Crippen molar-refractivity contribution in [2.75, 3.05) is 6.16 Å². The van der Waals surface area contributed by atoms with Gasteiger partial charge in [-0.1, -0.05) is 67.4 Å². The summed E-state index contributed by atoms with van der Waals surface area (Å²) in [7, 11) is -3.39. The van der Waals surface area contributed by atoms with Crippen LogP contribution < -0.4 is 39.9 Å². The molecule has 0 saturated heterocycles. The normalized spacial score (nSPS) is 15.7. The molecule has 0 unspecified atom stereocenters. The van der Waals surface area contributed by atoms with E-state index in [0.29, 0.717) is 6.10 Å². The fourth-order valence-electron chi connectivity index (χ4n) is 5.38. The zero-order valence-corrected chi connectivity index (χ0v) is 24.3. The lowest BCUT2D eigenvalue weighted by Gasteiger charge is -2.34. The summed E-state index contributed by atoms with van der Waals surface area (Å²) in [6.07, 6.45) is 8.10. The summed E-state index contributed by atoms with van der Waals surface area (Å²) in [5.41, 5.74) is 0. The highest BCUT2D eigenvalue weighted by Crippen LogP contribution is 2.56. The third kappa shape index (κ3) is 6.57. The van der Waals surface area contributed by atoms with Crippen molar-refractivity contribution in [2.24, 2.45) is 5.92 Å².